The lowest BCUT2D eigenvalue weighted by Gasteiger charge is -2.20. The van der Waals surface area contributed by atoms with Crippen molar-refractivity contribution in [2.45, 2.75) is 32.7 Å². The first kappa shape index (κ1) is 16.3. The van der Waals surface area contributed by atoms with Gasteiger partial charge in [-0.2, -0.15) is 0 Å². The van der Waals surface area contributed by atoms with Crippen LogP contribution in [0, 0.1) is 5.92 Å². The van der Waals surface area contributed by atoms with Gasteiger partial charge in [0, 0.05) is 10.5 Å². The van der Waals surface area contributed by atoms with Crippen molar-refractivity contribution < 1.29 is 0 Å². The Bertz CT molecular complexity index is 519. The van der Waals surface area contributed by atoms with Crippen molar-refractivity contribution in [3.63, 3.8) is 0 Å². The molecular weight excluding hydrogens is 322 g/mol. The first-order valence-corrected chi connectivity index (χ1v) is 8.44. The van der Waals surface area contributed by atoms with Gasteiger partial charge in [-0.15, -0.1) is 0 Å². The normalized spacial score (nSPS) is 12.6. The molecule has 1 nitrogen and oxygen atoms in total. The first-order chi connectivity index (χ1) is 10.1. The van der Waals surface area contributed by atoms with Gasteiger partial charge in [-0.3, -0.25) is 0 Å². The summed E-state index contributed by atoms with van der Waals surface area (Å²) in [5.74, 6) is 0.621. The fourth-order valence-electron chi connectivity index (χ4n) is 2.52. The molecule has 112 valence electrons. The highest BCUT2D eigenvalue weighted by atomic mass is 79.9. The van der Waals surface area contributed by atoms with Gasteiger partial charge < -0.3 is 5.32 Å². The zero-order chi connectivity index (χ0) is 15.1. The van der Waals surface area contributed by atoms with E-state index >= 15 is 0 Å². The van der Waals surface area contributed by atoms with Crippen molar-refractivity contribution in [2.24, 2.45) is 5.92 Å². The van der Waals surface area contributed by atoms with Crippen LogP contribution in [0.25, 0.3) is 0 Å². The van der Waals surface area contributed by atoms with Gasteiger partial charge in [0.05, 0.1) is 0 Å². The summed E-state index contributed by atoms with van der Waals surface area (Å²) in [7, 11) is 0. The van der Waals surface area contributed by atoms with Crippen molar-refractivity contribution in [2.75, 3.05) is 6.54 Å². The smallest absolute Gasteiger partial charge is 0.0175 e. The van der Waals surface area contributed by atoms with Gasteiger partial charge in [-0.05, 0) is 48.6 Å². The fourth-order valence-corrected chi connectivity index (χ4v) is 2.78. The average molecular weight is 346 g/mol. The van der Waals surface area contributed by atoms with Gasteiger partial charge in [0.2, 0.25) is 0 Å². The van der Waals surface area contributed by atoms with Gasteiger partial charge in [-0.25, -0.2) is 0 Å². The summed E-state index contributed by atoms with van der Waals surface area (Å²) in [6.07, 6.45) is 2.23. The minimum absolute atomic E-state index is 0.535. The maximum atomic E-state index is 3.59. The van der Waals surface area contributed by atoms with Crippen LogP contribution in [0.1, 0.15) is 25.0 Å². The standard InChI is InChI=1S/C19H24BrN/c1-15(2)21-14-18(12-16-6-4-3-5-7-16)13-17-8-10-19(20)11-9-17/h3-11,15,18,21H,12-14H2,1-2H3. The lowest BCUT2D eigenvalue weighted by atomic mass is 9.92. The number of halogens is 1. The van der Waals surface area contributed by atoms with Crippen molar-refractivity contribution in [3.8, 4) is 0 Å². The molecular formula is C19H24BrN. The third-order valence-corrected chi connectivity index (χ3v) is 4.15. The summed E-state index contributed by atoms with van der Waals surface area (Å²) in [5.41, 5.74) is 2.83. The number of nitrogens with one attached hydrogen (secondary N) is 1. The van der Waals surface area contributed by atoms with E-state index in [1.54, 1.807) is 0 Å². The minimum Gasteiger partial charge on any atom is -0.314 e. The van der Waals surface area contributed by atoms with E-state index in [2.05, 4.69) is 89.7 Å². The van der Waals surface area contributed by atoms with E-state index in [9.17, 15) is 0 Å². The quantitative estimate of drug-likeness (QED) is 0.756. The van der Waals surface area contributed by atoms with Crippen LogP contribution in [0.3, 0.4) is 0 Å². The summed E-state index contributed by atoms with van der Waals surface area (Å²) < 4.78 is 1.14. The maximum Gasteiger partial charge on any atom is 0.0175 e. The van der Waals surface area contributed by atoms with Crippen molar-refractivity contribution in [1.82, 2.24) is 5.32 Å². The van der Waals surface area contributed by atoms with Crippen LogP contribution in [-0.4, -0.2) is 12.6 Å². The predicted molar refractivity (Wildman–Crippen MR) is 94.6 cm³/mol. The number of hydrogen-bond acceptors (Lipinski definition) is 1. The molecule has 0 aromatic heterocycles. The Labute approximate surface area is 136 Å². The van der Waals surface area contributed by atoms with Gasteiger partial charge in [0.15, 0.2) is 0 Å². The summed E-state index contributed by atoms with van der Waals surface area (Å²) in [4.78, 5) is 0. The Morgan fingerprint density at radius 3 is 2.00 bits per heavy atom. The summed E-state index contributed by atoms with van der Waals surface area (Å²) in [5, 5.41) is 3.59. The molecule has 0 bridgehead atoms. The van der Waals surface area contributed by atoms with Crippen LogP contribution < -0.4 is 5.32 Å². The van der Waals surface area contributed by atoms with Crippen LogP contribution in [0.4, 0.5) is 0 Å². The fraction of sp³-hybridized carbons (Fsp3) is 0.368. The third-order valence-electron chi connectivity index (χ3n) is 3.62. The van der Waals surface area contributed by atoms with Gasteiger partial charge in [0.1, 0.15) is 0 Å². The molecule has 0 amide bonds. The molecule has 2 aromatic rings. The van der Waals surface area contributed by atoms with Gasteiger partial charge in [0.25, 0.3) is 0 Å². The molecule has 2 aromatic carbocycles. The van der Waals surface area contributed by atoms with E-state index in [-0.39, 0.29) is 0 Å². The van der Waals surface area contributed by atoms with Crippen molar-refractivity contribution in [3.05, 3.63) is 70.2 Å². The van der Waals surface area contributed by atoms with Crippen LogP contribution in [-0.2, 0) is 12.8 Å². The molecule has 0 radical (unpaired) electrons. The molecule has 1 atom stereocenters. The second-order valence-electron chi connectivity index (χ2n) is 5.95. The van der Waals surface area contributed by atoms with E-state index in [1.165, 1.54) is 11.1 Å². The van der Waals surface area contributed by atoms with Gasteiger partial charge >= 0.3 is 0 Å². The summed E-state index contributed by atoms with van der Waals surface area (Å²) >= 11 is 3.50. The molecule has 1 N–H and O–H groups in total. The molecule has 0 saturated heterocycles. The molecule has 21 heavy (non-hydrogen) atoms. The Balaban J connectivity index is 2.02. The minimum atomic E-state index is 0.535. The second kappa shape index (κ2) is 8.35. The highest BCUT2D eigenvalue weighted by molar-refractivity contribution is 9.10. The number of hydrogen-bond donors (Lipinski definition) is 1. The summed E-state index contributed by atoms with van der Waals surface area (Å²) in [6, 6.07) is 20.0. The second-order valence-corrected chi connectivity index (χ2v) is 6.86. The number of benzene rings is 2. The van der Waals surface area contributed by atoms with E-state index in [0.29, 0.717) is 12.0 Å². The van der Waals surface area contributed by atoms with Crippen LogP contribution >= 0.6 is 15.9 Å². The van der Waals surface area contributed by atoms with E-state index in [0.717, 1.165) is 23.9 Å². The van der Waals surface area contributed by atoms with Crippen LogP contribution in [0.15, 0.2) is 59.1 Å². The molecule has 2 heteroatoms. The number of rotatable bonds is 7. The average Bonchev–Trinajstić information content (AvgIpc) is 2.48. The highest BCUT2D eigenvalue weighted by Gasteiger charge is 2.11. The SMILES string of the molecule is CC(C)NCC(Cc1ccccc1)Cc1ccc(Br)cc1. The molecule has 0 spiro atoms. The molecule has 0 aliphatic heterocycles. The van der Waals surface area contributed by atoms with E-state index < -0.39 is 0 Å². The molecule has 2 rings (SSSR count). The monoisotopic (exact) mass is 345 g/mol. The maximum absolute atomic E-state index is 3.59. The Hall–Kier alpha value is -1.12. The largest absolute Gasteiger partial charge is 0.314 e. The third kappa shape index (κ3) is 6.03. The Morgan fingerprint density at radius 1 is 0.857 bits per heavy atom. The lowest BCUT2D eigenvalue weighted by molar-refractivity contribution is 0.444. The molecule has 1 unspecified atom stereocenters. The predicted octanol–water partition coefficient (Wildman–Crippen LogP) is 4.85. The molecule has 0 fully saturated rings. The lowest BCUT2D eigenvalue weighted by Crippen LogP contribution is -2.31. The van der Waals surface area contributed by atoms with Crippen molar-refractivity contribution in [1.29, 1.82) is 0 Å². The van der Waals surface area contributed by atoms with Gasteiger partial charge in [-0.1, -0.05) is 72.2 Å². The molecule has 0 aliphatic carbocycles. The van der Waals surface area contributed by atoms with Crippen LogP contribution in [0.5, 0.6) is 0 Å². The summed E-state index contributed by atoms with van der Waals surface area (Å²) in [6.45, 7) is 5.47. The zero-order valence-corrected chi connectivity index (χ0v) is 14.4. The topological polar surface area (TPSA) is 12.0 Å². The Morgan fingerprint density at radius 2 is 1.43 bits per heavy atom. The van der Waals surface area contributed by atoms with E-state index in [4.69, 9.17) is 0 Å². The molecule has 0 saturated carbocycles. The van der Waals surface area contributed by atoms with Crippen LogP contribution in [0.2, 0.25) is 0 Å². The Kier molecular flexibility index (Phi) is 6.47. The first-order valence-electron chi connectivity index (χ1n) is 7.65. The zero-order valence-electron chi connectivity index (χ0n) is 12.9. The van der Waals surface area contributed by atoms with Crippen molar-refractivity contribution >= 4 is 15.9 Å². The molecule has 0 aliphatic rings. The molecule has 0 heterocycles. The van der Waals surface area contributed by atoms with E-state index in [1.807, 2.05) is 0 Å². The highest BCUT2D eigenvalue weighted by Crippen LogP contribution is 2.17.